The fraction of sp³-hybridized carbons (Fsp3) is 0.778. The van der Waals surface area contributed by atoms with Crippen LogP contribution in [0.5, 0.6) is 0 Å². The molecule has 0 aliphatic carbocycles. The van der Waals surface area contributed by atoms with Gasteiger partial charge < -0.3 is 9.64 Å². The van der Waals surface area contributed by atoms with E-state index < -0.39 is 0 Å². The van der Waals surface area contributed by atoms with Crippen molar-refractivity contribution in [2.75, 3.05) is 26.2 Å². The fourth-order valence-electron chi connectivity index (χ4n) is 2.77. The number of ether oxygens (including phenoxy) is 1. The zero-order valence-corrected chi connectivity index (χ0v) is 13.7. The van der Waals surface area contributed by atoms with Gasteiger partial charge in [-0.3, -0.25) is 0 Å². The molecule has 0 N–H and O–H groups in total. The number of nitrogens with zero attached hydrogens (tertiary/aromatic N) is 1. The standard InChI is InChI=1S/C18H33NO/c1-4-5-6-7-8-9-15-20-16-11-14-19-13-10-12-18(2,3)17-19/h7-9,15H,4-6,10-14,16-17H2,1-3H3/b8-7+,15-9+. The van der Waals surface area contributed by atoms with E-state index in [-0.39, 0.29) is 0 Å². The van der Waals surface area contributed by atoms with E-state index in [4.69, 9.17) is 4.74 Å². The molecule has 1 rings (SSSR count). The van der Waals surface area contributed by atoms with E-state index in [1.165, 1.54) is 51.7 Å². The normalized spacial score (nSPS) is 19.9. The van der Waals surface area contributed by atoms with Crippen LogP contribution in [-0.2, 0) is 4.74 Å². The van der Waals surface area contributed by atoms with Gasteiger partial charge in [-0.05, 0) is 43.7 Å². The van der Waals surface area contributed by atoms with E-state index in [0.29, 0.717) is 5.41 Å². The Balaban J connectivity index is 1.99. The van der Waals surface area contributed by atoms with Crippen LogP contribution in [0, 0.1) is 5.41 Å². The average molecular weight is 279 g/mol. The lowest BCUT2D eigenvalue weighted by Gasteiger charge is -2.38. The summed E-state index contributed by atoms with van der Waals surface area (Å²) in [4.78, 5) is 2.58. The summed E-state index contributed by atoms with van der Waals surface area (Å²) in [6.07, 6.45) is 15.7. The molecule has 116 valence electrons. The molecule has 0 aromatic heterocycles. The monoisotopic (exact) mass is 279 g/mol. The Morgan fingerprint density at radius 2 is 2.05 bits per heavy atom. The molecule has 0 unspecified atom stereocenters. The van der Waals surface area contributed by atoms with Crippen molar-refractivity contribution in [3.8, 4) is 0 Å². The molecule has 1 aliphatic rings. The zero-order valence-electron chi connectivity index (χ0n) is 13.7. The molecule has 1 saturated heterocycles. The number of piperidine rings is 1. The Morgan fingerprint density at radius 1 is 1.20 bits per heavy atom. The van der Waals surface area contributed by atoms with Gasteiger partial charge in [0.05, 0.1) is 12.9 Å². The molecule has 0 atom stereocenters. The first-order chi connectivity index (χ1) is 9.64. The number of likely N-dealkylation sites (tertiary alicyclic amines) is 1. The molecule has 2 nitrogen and oxygen atoms in total. The minimum atomic E-state index is 0.502. The SMILES string of the molecule is CCCC/C=C/C=C/OCCCN1CCCC(C)(C)C1. The zero-order chi connectivity index (χ0) is 14.7. The maximum atomic E-state index is 5.52. The van der Waals surface area contributed by atoms with E-state index in [1.807, 2.05) is 12.3 Å². The predicted molar refractivity (Wildman–Crippen MR) is 87.8 cm³/mol. The lowest BCUT2D eigenvalue weighted by Crippen LogP contribution is -2.40. The topological polar surface area (TPSA) is 12.5 Å². The van der Waals surface area contributed by atoms with Gasteiger partial charge in [-0.2, -0.15) is 0 Å². The molecule has 0 bridgehead atoms. The van der Waals surface area contributed by atoms with Crippen LogP contribution in [0.3, 0.4) is 0 Å². The lowest BCUT2D eigenvalue weighted by molar-refractivity contribution is 0.108. The molecular weight excluding hydrogens is 246 g/mol. The summed E-state index contributed by atoms with van der Waals surface area (Å²) < 4.78 is 5.52. The first-order valence-electron chi connectivity index (χ1n) is 8.30. The van der Waals surface area contributed by atoms with Crippen LogP contribution in [0.1, 0.15) is 59.3 Å². The first-order valence-corrected chi connectivity index (χ1v) is 8.30. The van der Waals surface area contributed by atoms with Gasteiger partial charge in [-0.15, -0.1) is 0 Å². The van der Waals surface area contributed by atoms with E-state index in [0.717, 1.165) is 13.0 Å². The molecule has 1 aliphatic heterocycles. The number of rotatable bonds is 9. The van der Waals surface area contributed by atoms with Gasteiger partial charge in [0, 0.05) is 13.1 Å². The van der Waals surface area contributed by atoms with Gasteiger partial charge in [0.15, 0.2) is 0 Å². The van der Waals surface area contributed by atoms with Gasteiger partial charge in [-0.25, -0.2) is 0 Å². The molecule has 0 aromatic carbocycles. The van der Waals surface area contributed by atoms with E-state index >= 15 is 0 Å². The van der Waals surface area contributed by atoms with Crippen molar-refractivity contribution in [2.45, 2.75) is 59.3 Å². The largest absolute Gasteiger partial charge is 0.501 e. The second kappa shape index (κ2) is 10.0. The Kier molecular flexibility index (Phi) is 8.68. The summed E-state index contributed by atoms with van der Waals surface area (Å²) in [6.45, 7) is 11.5. The molecular formula is C18H33NO. The summed E-state index contributed by atoms with van der Waals surface area (Å²) in [5.41, 5.74) is 0.502. The van der Waals surface area contributed by atoms with Gasteiger partial charge in [-0.1, -0.05) is 45.8 Å². The second-order valence-electron chi connectivity index (χ2n) is 6.67. The maximum absolute atomic E-state index is 5.52. The van der Waals surface area contributed by atoms with E-state index in [1.54, 1.807) is 0 Å². The van der Waals surface area contributed by atoms with Gasteiger partial charge in [0.2, 0.25) is 0 Å². The van der Waals surface area contributed by atoms with Crippen molar-refractivity contribution >= 4 is 0 Å². The van der Waals surface area contributed by atoms with Crippen molar-refractivity contribution in [1.82, 2.24) is 4.90 Å². The Labute approximate surface area is 125 Å². The quantitative estimate of drug-likeness (QED) is 0.342. The van der Waals surface area contributed by atoms with Crippen LogP contribution < -0.4 is 0 Å². The molecule has 2 heteroatoms. The highest BCUT2D eigenvalue weighted by Crippen LogP contribution is 2.28. The molecule has 0 saturated carbocycles. The van der Waals surface area contributed by atoms with Crippen LogP contribution >= 0.6 is 0 Å². The highest BCUT2D eigenvalue weighted by atomic mass is 16.5. The Morgan fingerprint density at radius 3 is 2.80 bits per heavy atom. The second-order valence-corrected chi connectivity index (χ2v) is 6.67. The highest BCUT2D eigenvalue weighted by Gasteiger charge is 2.25. The average Bonchev–Trinajstić information content (AvgIpc) is 2.40. The molecule has 0 amide bonds. The fourth-order valence-corrected chi connectivity index (χ4v) is 2.77. The van der Waals surface area contributed by atoms with Gasteiger partial charge in [0.25, 0.3) is 0 Å². The third kappa shape index (κ3) is 8.42. The van der Waals surface area contributed by atoms with Crippen LogP contribution in [0.4, 0.5) is 0 Å². The number of hydrogen-bond acceptors (Lipinski definition) is 2. The van der Waals surface area contributed by atoms with Gasteiger partial charge in [0.1, 0.15) is 0 Å². The molecule has 1 heterocycles. The molecule has 0 spiro atoms. The Hall–Kier alpha value is -0.760. The third-order valence-electron chi connectivity index (χ3n) is 3.86. The van der Waals surface area contributed by atoms with Crippen LogP contribution in [-0.4, -0.2) is 31.1 Å². The number of hydrogen-bond donors (Lipinski definition) is 0. The number of allylic oxidation sites excluding steroid dienone is 3. The maximum Gasteiger partial charge on any atom is 0.0885 e. The summed E-state index contributed by atoms with van der Waals surface area (Å²) in [6, 6.07) is 0. The summed E-state index contributed by atoms with van der Waals surface area (Å²) in [5, 5.41) is 0. The predicted octanol–water partition coefficient (Wildman–Crippen LogP) is 4.78. The van der Waals surface area contributed by atoms with Gasteiger partial charge >= 0.3 is 0 Å². The third-order valence-corrected chi connectivity index (χ3v) is 3.86. The molecule has 0 radical (unpaired) electrons. The summed E-state index contributed by atoms with van der Waals surface area (Å²) >= 11 is 0. The summed E-state index contributed by atoms with van der Waals surface area (Å²) in [5.74, 6) is 0. The van der Waals surface area contributed by atoms with Crippen molar-refractivity contribution in [2.24, 2.45) is 5.41 Å². The Bertz CT molecular complexity index is 294. The molecule has 1 fully saturated rings. The minimum absolute atomic E-state index is 0.502. The molecule has 20 heavy (non-hydrogen) atoms. The van der Waals surface area contributed by atoms with E-state index in [9.17, 15) is 0 Å². The highest BCUT2D eigenvalue weighted by molar-refractivity contribution is 4.99. The van der Waals surface area contributed by atoms with Crippen molar-refractivity contribution in [1.29, 1.82) is 0 Å². The molecule has 0 aromatic rings. The van der Waals surface area contributed by atoms with Crippen LogP contribution in [0.15, 0.2) is 24.5 Å². The lowest BCUT2D eigenvalue weighted by atomic mass is 9.84. The van der Waals surface area contributed by atoms with E-state index in [2.05, 4.69) is 37.8 Å². The smallest absolute Gasteiger partial charge is 0.0885 e. The van der Waals surface area contributed by atoms with Crippen LogP contribution in [0.25, 0.3) is 0 Å². The first kappa shape index (κ1) is 17.3. The van der Waals surface area contributed by atoms with Crippen molar-refractivity contribution in [3.63, 3.8) is 0 Å². The van der Waals surface area contributed by atoms with Crippen molar-refractivity contribution < 1.29 is 4.74 Å². The summed E-state index contributed by atoms with van der Waals surface area (Å²) in [7, 11) is 0. The van der Waals surface area contributed by atoms with Crippen molar-refractivity contribution in [3.05, 3.63) is 24.5 Å². The van der Waals surface area contributed by atoms with Crippen LogP contribution in [0.2, 0.25) is 0 Å². The minimum Gasteiger partial charge on any atom is -0.501 e. The number of unbranched alkanes of at least 4 members (excludes halogenated alkanes) is 2.